The van der Waals surface area contributed by atoms with Gasteiger partial charge < -0.3 is 5.32 Å². The zero-order valence-electron chi connectivity index (χ0n) is 13.7. The molecule has 0 aliphatic carbocycles. The fourth-order valence-corrected chi connectivity index (χ4v) is 4.91. The van der Waals surface area contributed by atoms with Crippen LogP contribution in [0.5, 0.6) is 0 Å². The number of thioether (sulfide) groups is 1. The Labute approximate surface area is 141 Å². The molecule has 1 aromatic heterocycles. The molecule has 0 saturated carbocycles. The third kappa shape index (κ3) is 2.74. The van der Waals surface area contributed by atoms with Crippen LogP contribution in [0.3, 0.4) is 0 Å². The van der Waals surface area contributed by atoms with Crippen molar-refractivity contribution in [2.45, 2.75) is 37.7 Å². The minimum atomic E-state index is 0.115. The molecule has 1 unspecified atom stereocenters. The van der Waals surface area contributed by atoms with Crippen LogP contribution >= 0.6 is 23.4 Å². The molecule has 0 radical (unpaired) electrons. The Hall–Kier alpha value is -1.13. The molecule has 0 fully saturated rings. The summed E-state index contributed by atoms with van der Waals surface area (Å²) in [7, 11) is 2.00. The molecule has 3 rings (SSSR count). The second-order valence-electron chi connectivity index (χ2n) is 6.61. The summed E-state index contributed by atoms with van der Waals surface area (Å²) in [5.41, 5.74) is 4.68. The topological polar surface area (TPSA) is 29.9 Å². The number of aromatic nitrogens is 2. The summed E-state index contributed by atoms with van der Waals surface area (Å²) >= 11 is 8.53. The van der Waals surface area contributed by atoms with Gasteiger partial charge in [0.1, 0.15) is 5.82 Å². The van der Waals surface area contributed by atoms with Crippen LogP contribution in [-0.4, -0.2) is 21.1 Å². The maximum Gasteiger partial charge on any atom is 0.128 e. The van der Waals surface area contributed by atoms with E-state index in [-0.39, 0.29) is 10.00 Å². The highest BCUT2D eigenvalue weighted by atomic mass is 35.5. The first-order chi connectivity index (χ1) is 10.3. The molecule has 1 N–H and O–H groups in total. The summed E-state index contributed by atoms with van der Waals surface area (Å²) in [6.07, 6.45) is 0. The van der Waals surface area contributed by atoms with Gasteiger partial charge in [0.25, 0.3) is 0 Å². The first kappa shape index (κ1) is 15.8. The summed E-state index contributed by atoms with van der Waals surface area (Å²) in [4.78, 5) is 0. The Morgan fingerprint density at radius 2 is 2.09 bits per heavy atom. The van der Waals surface area contributed by atoms with Crippen molar-refractivity contribution in [2.24, 2.45) is 7.05 Å². The maximum atomic E-state index is 6.57. The average molecular weight is 336 g/mol. The Kier molecular flexibility index (Phi) is 3.94. The molecular formula is C17H22ClN3S. The highest BCUT2D eigenvalue weighted by Gasteiger charge is 2.35. The van der Waals surface area contributed by atoms with Crippen molar-refractivity contribution in [1.82, 2.24) is 9.78 Å². The van der Waals surface area contributed by atoms with Gasteiger partial charge in [-0.15, -0.1) is 11.8 Å². The summed E-state index contributed by atoms with van der Waals surface area (Å²) in [6, 6.07) is 6.35. The zero-order chi connectivity index (χ0) is 16.1. The van der Waals surface area contributed by atoms with E-state index in [4.69, 9.17) is 11.6 Å². The molecule has 1 aliphatic heterocycles. The average Bonchev–Trinajstić information content (AvgIpc) is 2.59. The number of anilines is 1. The van der Waals surface area contributed by atoms with Crippen LogP contribution in [0.15, 0.2) is 18.2 Å². The van der Waals surface area contributed by atoms with E-state index >= 15 is 0 Å². The van der Waals surface area contributed by atoms with Crippen LogP contribution in [-0.2, 0) is 7.05 Å². The number of hydrogen-bond acceptors (Lipinski definition) is 3. The molecule has 22 heavy (non-hydrogen) atoms. The highest BCUT2D eigenvalue weighted by molar-refractivity contribution is 8.01. The summed E-state index contributed by atoms with van der Waals surface area (Å²) in [5.74, 6) is 1.11. The predicted molar refractivity (Wildman–Crippen MR) is 96.1 cm³/mol. The Morgan fingerprint density at radius 1 is 1.36 bits per heavy atom. The maximum absolute atomic E-state index is 6.57. The first-order valence-electron chi connectivity index (χ1n) is 7.50. The monoisotopic (exact) mass is 335 g/mol. The molecule has 3 nitrogen and oxygen atoms in total. The number of fused-ring (bicyclic) bond motifs is 1. The number of rotatable bonds is 1. The highest BCUT2D eigenvalue weighted by Crippen LogP contribution is 2.50. The van der Waals surface area contributed by atoms with Crippen molar-refractivity contribution < 1.29 is 0 Å². The van der Waals surface area contributed by atoms with Gasteiger partial charge in [-0.25, -0.2) is 0 Å². The number of hydrogen-bond donors (Lipinski definition) is 1. The predicted octanol–water partition coefficient (Wildman–Crippen LogP) is 4.72. The molecule has 0 amide bonds. The summed E-state index contributed by atoms with van der Waals surface area (Å²) < 4.78 is 2.06. The second kappa shape index (κ2) is 5.50. The number of halogens is 1. The standard InChI is InChI=1S/C17H22ClN3S/c1-10-6-7-12(13(18)8-10)15-14-11(2)20-21(5)16(14)19-9-17(3,4)22-15/h6-8,15,19H,9H2,1-5H3. The lowest BCUT2D eigenvalue weighted by atomic mass is 10.0. The minimum absolute atomic E-state index is 0.115. The van der Waals surface area contributed by atoms with Crippen molar-refractivity contribution in [3.63, 3.8) is 0 Å². The van der Waals surface area contributed by atoms with Gasteiger partial charge >= 0.3 is 0 Å². The van der Waals surface area contributed by atoms with E-state index < -0.39 is 0 Å². The Bertz CT molecular complexity index is 721. The van der Waals surface area contributed by atoms with E-state index in [1.54, 1.807) is 0 Å². The van der Waals surface area contributed by atoms with Gasteiger partial charge in [0, 0.05) is 28.9 Å². The Balaban J connectivity index is 2.19. The summed E-state index contributed by atoms with van der Waals surface area (Å²) in [6.45, 7) is 9.60. The van der Waals surface area contributed by atoms with Gasteiger partial charge in [0.15, 0.2) is 0 Å². The molecule has 1 aliphatic rings. The van der Waals surface area contributed by atoms with E-state index in [0.717, 1.165) is 23.1 Å². The van der Waals surface area contributed by atoms with E-state index in [0.29, 0.717) is 0 Å². The fourth-order valence-electron chi connectivity index (χ4n) is 2.98. The van der Waals surface area contributed by atoms with Crippen LogP contribution in [0.2, 0.25) is 5.02 Å². The molecular weight excluding hydrogens is 314 g/mol. The third-order valence-electron chi connectivity index (χ3n) is 4.09. The quantitative estimate of drug-likeness (QED) is 0.818. The van der Waals surface area contributed by atoms with Gasteiger partial charge in [-0.05, 0) is 44.9 Å². The lowest BCUT2D eigenvalue weighted by Gasteiger charge is -2.27. The number of nitrogens with one attached hydrogen (secondary N) is 1. The van der Waals surface area contributed by atoms with E-state index in [1.807, 2.05) is 29.6 Å². The lowest BCUT2D eigenvalue weighted by molar-refractivity contribution is 0.721. The molecule has 2 aromatic rings. The molecule has 2 heterocycles. The van der Waals surface area contributed by atoms with Crippen molar-refractivity contribution in [3.05, 3.63) is 45.6 Å². The van der Waals surface area contributed by atoms with Gasteiger partial charge in [0.05, 0.1) is 10.9 Å². The van der Waals surface area contributed by atoms with Gasteiger partial charge in [-0.2, -0.15) is 5.10 Å². The molecule has 1 aromatic carbocycles. The SMILES string of the molecule is Cc1ccc(C2SC(C)(C)CNc3c2c(C)nn3C)c(Cl)c1. The second-order valence-corrected chi connectivity index (χ2v) is 8.83. The van der Waals surface area contributed by atoms with Gasteiger partial charge in [-0.3, -0.25) is 4.68 Å². The van der Waals surface area contributed by atoms with Crippen molar-refractivity contribution >= 4 is 29.2 Å². The molecule has 0 bridgehead atoms. The van der Waals surface area contributed by atoms with Crippen LogP contribution in [0, 0.1) is 13.8 Å². The molecule has 1 atom stereocenters. The normalized spacial score (nSPS) is 20.2. The third-order valence-corrected chi connectivity index (χ3v) is 5.92. The number of nitrogens with zero attached hydrogens (tertiary/aromatic N) is 2. The lowest BCUT2D eigenvalue weighted by Crippen LogP contribution is -2.26. The van der Waals surface area contributed by atoms with E-state index in [1.165, 1.54) is 16.7 Å². The van der Waals surface area contributed by atoms with Crippen molar-refractivity contribution in [1.29, 1.82) is 0 Å². The Morgan fingerprint density at radius 3 is 2.77 bits per heavy atom. The van der Waals surface area contributed by atoms with Gasteiger partial charge in [-0.1, -0.05) is 23.7 Å². The minimum Gasteiger partial charge on any atom is -0.369 e. The van der Waals surface area contributed by atoms with Crippen LogP contribution in [0.25, 0.3) is 0 Å². The van der Waals surface area contributed by atoms with Gasteiger partial charge in [0.2, 0.25) is 0 Å². The fraction of sp³-hybridized carbons (Fsp3) is 0.471. The van der Waals surface area contributed by atoms with Crippen LogP contribution < -0.4 is 5.32 Å². The molecule has 5 heteroatoms. The van der Waals surface area contributed by atoms with Crippen molar-refractivity contribution in [2.75, 3.05) is 11.9 Å². The number of aryl methyl sites for hydroxylation is 3. The van der Waals surface area contributed by atoms with Crippen LogP contribution in [0.4, 0.5) is 5.82 Å². The molecule has 118 valence electrons. The largest absolute Gasteiger partial charge is 0.369 e. The van der Waals surface area contributed by atoms with Crippen molar-refractivity contribution in [3.8, 4) is 0 Å². The summed E-state index contributed by atoms with van der Waals surface area (Å²) in [5, 5.41) is 9.21. The van der Waals surface area contributed by atoms with E-state index in [2.05, 4.69) is 50.2 Å². The molecule has 0 saturated heterocycles. The zero-order valence-corrected chi connectivity index (χ0v) is 15.3. The number of benzene rings is 1. The smallest absolute Gasteiger partial charge is 0.128 e. The molecule has 0 spiro atoms. The van der Waals surface area contributed by atoms with E-state index in [9.17, 15) is 0 Å². The van der Waals surface area contributed by atoms with Crippen LogP contribution in [0.1, 0.15) is 41.5 Å². The first-order valence-corrected chi connectivity index (χ1v) is 8.75.